The average Bonchev–Trinajstić information content (AvgIpc) is 2.46. The molecule has 1 aliphatic heterocycles. The predicted molar refractivity (Wildman–Crippen MR) is 74.3 cm³/mol. The van der Waals surface area contributed by atoms with Crippen LogP contribution in [0.25, 0.3) is 0 Å². The minimum Gasteiger partial charge on any atom is -0.342 e. The van der Waals surface area contributed by atoms with Gasteiger partial charge in [-0.15, -0.1) is 0 Å². The Balaban J connectivity index is 1.86. The molecule has 1 N–H and O–H groups in total. The fraction of sp³-hybridized carbons (Fsp3) is 0.800. The second-order valence-corrected chi connectivity index (χ2v) is 5.55. The second-order valence-electron chi connectivity index (χ2n) is 5.55. The van der Waals surface area contributed by atoms with Crippen LogP contribution in [0.2, 0.25) is 0 Å². The Hall–Kier alpha value is -0.830. The number of rotatable bonds is 4. The van der Waals surface area contributed by atoms with E-state index in [-0.39, 0.29) is 5.92 Å². The van der Waals surface area contributed by atoms with E-state index in [2.05, 4.69) is 29.3 Å². The molecular formula is C15H26N2O. The van der Waals surface area contributed by atoms with E-state index in [0.29, 0.717) is 11.8 Å². The third kappa shape index (κ3) is 3.58. The number of carbonyl (C=O) groups is 1. The maximum Gasteiger partial charge on any atom is 0.226 e. The minimum absolute atomic E-state index is 0.247. The van der Waals surface area contributed by atoms with Gasteiger partial charge in [0.15, 0.2) is 0 Å². The highest BCUT2D eigenvalue weighted by atomic mass is 16.2. The maximum absolute atomic E-state index is 12.5. The first-order valence-corrected chi connectivity index (χ1v) is 7.45. The third-order valence-electron chi connectivity index (χ3n) is 4.25. The van der Waals surface area contributed by atoms with Gasteiger partial charge < -0.3 is 10.2 Å². The van der Waals surface area contributed by atoms with Crippen LogP contribution in [0.5, 0.6) is 0 Å². The van der Waals surface area contributed by atoms with Crippen molar-refractivity contribution < 1.29 is 4.79 Å². The Labute approximate surface area is 111 Å². The summed E-state index contributed by atoms with van der Waals surface area (Å²) >= 11 is 0. The molecule has 1 atom stereocenters. The monoisotopic (exact) mass is 250 g/mol. The van der Waals surface area contributed by atoms with Crippen molar-refractivity contribution in [1.82, 2.24) is 10.2 Å². The largest absolute Gasteiger partial charge is 0.342 e. The van der Waals surface area contributed by atoms with Gasteiger partial charge in [-0.25, -0.2) is 0 Å². The van der Waals surface area contributed by atoms with E-state index in [1.54, 1.807) is 0 Å². The number of piperidine rings is 1. The molecule has 3 nitrogen and oxygen atoms in total. The summed E-state index contributed by atoms with van der Waals surface area (Å²) in [5.41, 5.74) is 0. The lowest BCUT2D eigenvalue weighted by molar-refractivity contribution is -0.136. The van der Waals surface area contributed by atoms with Gasteiger partial charge in [0.1, 0.15) is 0 Å². The number of carbonyl (C=O) groups excluding carboxylic acids is 1. The Kier molecular flexibility index (Phi) is 5.24. The Morgan fingerprint density at radius 1 is 1.28 bits per heavy atom. The molecule has 0 aromatic carbocycles. The van der Waals surface area contributed by atoms with E-state index in [4.69, 9.17) is 0 Å². The van der Waals surface area contributed by atoms with Crippen LogP contribution in [0.4, 0.5) is 0 Å². The normalized spacial score (nSPS) is 25.1. The Bertz CT molecular complexity index is 295. The van der Waals surface area contributed by atoms with Crippen molar-refractivity contribution in [3.8, 4) is 0 Å². The van der Waals surface area contributed by atoms with Crippen LogP contribution >= 0.6 is 0 Å². The number of nitrogens with one attached hydrogen (secondary N) is 1. The minimum atomic E-state index is 0.247. The summed E-state index contributed by atoms with van der Waals surface area (Å²) in [5.74, 6) is 1.34. The fourth-order valence-corrected chi connectivity index (χ4v) is 3.03. The molecule has 0 aromatic rings. The standard InChI is InChI=1S/C15H26N2O/c1-2-17(12-13-8-10-16-11-9-13)15(18)14-6-4-3-5-7-14/h3-4,13-14,16H,2,5-12H2,1H3. The van der Waals surface area contributed by atoms with E-state index < -0.39 is 0 Å². The van der Waals surface area contributed by atoms with Gasteiger partial charge in [-0.1, -0.05) is 12.2 Å². The highest BCUT2D eigenvalue weighted by Crippen LogP contribution is 2.22. The van der Waals surface area contributed by atoms with Crippen molar-refractivity contribution in [2.75, 3.05) is 26.2 Å². The molecule has 1 fully saturated rings. The molecule has 2 aliphatic rings. The molecule has 1 unspecified atom stereocenters. The van der Waals surface area contributed by atoms with Crippen LogP contribution in [-0.2, 0) is 4.79 Å². The molecule has 1 aliphatic carbocycles. The van der Waals surface area contributed by atoms with Crippen LogP contribution < -0.4 is 5.32 Å². The van der Waals surface area contributed by atoms with Gasteiger partial charge in [0, 0.05) is 19.0 Å². The first kappa shape index (κ1) is 13.6. The van der Waals surface area contributed by atoms with E-state index in [9.17, 15) is 4.79 Å². The summed E-state index contributed by atoms with van der Waals surface area (Å²) in [5, 5.41) is 3.39. The highest BCUT2D eigenvalue weighted by molar-refractivity contribution is 5.79. The summed E-state index contributed by atoms with van der Waals surface area (Å²) in [6, 6.07) is 0. The molecule has 3 heteroatoms. The SMILES string of the molecule is CCN(CC1CCNCC1)C(=O)C1CC=CCC1. The van der Waals surface area contributed by atoms with Crippen molar-refractivity contribution in [2.24, 2.45) is 11.8 Å². The molecule has 0 bridgehead atoms. The molecule has 102 valence electrons. The molecule has 0 spiro atoms. The van der Waals surface area contributed by atoms with E-state index in [1.165, 1.54) is 12.8 Å². The molecule has 18 heavy (non-hydrogen) atoms. The molecule has 2 rings (SSSR count). The summed E-state index contributed by atoms with van der Waals surface area (Å²) in [4.78, 5) is 14.6. The number of hydrogen-bond donors (Lipinski definition) is 1. The second kappa shape index (κ2) is 6.93. The van der Waals surface area contributed by atoms with Crippen molar-refractivity contribution in [1.29, 1.82) is 0 Å². The zero-order chi connectivity index (χ0) is 12.8. The molecule has 0 radical (unpaired) electrons. The Morgan fingerprint density at radius 3 is 2.67 bits per heavy atom. The average molecular weight is 250 g/mol. The predicted octanol–water partition coefficient (Wildman–Crippen LogP) is 2.19. The van der Waals surface area contributed by atoms with Crippen LogP contribution in [-0.4, -0.2) is 37.0 Å². The molecule has 0 saturated carbocycles. The lowest BCUT2D eigenvalue weighted by atomic mass is 9.92. The molecular weight excluding hydrogens is 224 g/mol. The van der Waals surface area contributed by atoms with Crippen molar-refractivity contribution in [3.05, 3.63) is 12.2 Å². The number of nitrogens with zero attached hydrogens (tertiary/aromatic N) is 1. The smallest absolute Gasteiger partial charge is 0.226 e. The fourth-order valence-electron chi connectivity index (χ4n) is 3.03. The summed E-state index contributed by atoms with van der Waals surface area (Å²) in [6.07, 6.45) is 9.86. The highest BCUT2D eigenvalue weighted by Gasteiger charge is 2.25. The van der Waals surface area contributed by atoms with Gasteiger partial charge in [0.25, 0.3) is 0 Å². The molecule has 1 saturated heterocycles. The number of amides is 1. The first-order valence-electron chi connectivity index (χ1n) is 7.45. The van der Waals surface area contributed by atoms with Crippen LogP contribution in [0.3, 0.4) is 0 Å². The maximum atomic E-state index is 12.5. The number of hydrogen-bond acceptors (Lipinski definition) is 2. The van der Waals surface area contributed by atoms with E-state index >= 15 is 0 Å². The zero-order valence-corrected chi connectivity index (χ0v) is 11.5. The van der Waals surface area contributed by atoms with Crippen molar-refractivity contribution in [2.45, 2.75) is 39.0 Å². The third-order valence-corrected chi connectivity index (χ3v) is 4.25. The summed E-state index contributed by atoms with van der Waals surface area (Å²) in [7, 11) is 0. The van der Waals surface area contributed by atoms with Gasteiger partial charge >= 0.3 is 0 Å². The van der Waals surface area contributed by atoms with Gasteiger partial charge in [-0.3, -0.25) is 4.79 Å². The van der Waals surface area contributed by atoms with E-state index in [0.717, 1.165) is 45.4 Å². The summed E-state index contributed by atoms with van der Waals surface area (Å²) < 4.78 is 0. The van der Waals surface area contributed by atoms with Crippen LogP contribution in [0, 0.1) is 11.8 Å². The quantitative estimate of drug-likeness (QED) is 0.776. The van der Waals surface area contributed by atoms with E-state index in [1.807, 2.05) is 0 Å². The zero-order valence-electron chi connectivity index (χ0n) is 11.5. The molecule has 1 heterocycles. The topological polar surface area (TPSA) is 32.3 Å². The summed E-state index contributed by atoms with van der Waals surface area (Å²) in [6.45, 7) is 6.17. The van der Waals surface area contributed by atoms with Crippen molar-refractivity contribution >= 4 is 5.91 Å². The molecule has 0 aromatic heterocycles. The molecule has 1 amide bonds. The van der Waals surface area contributed by atoms with Gasteiger partial charge in [-0.05, 0) is 58.0 Å². The van der Waals surface area contributed by atoms with Crippen LogP contribution in [0.1, 0.15) is 39.0 Å². The first-order chi connectivity index (χ1) is 8.81. The van der Waals surface area contributed by atoms with Crippen LogP contribution in [0.15, 0.2) is 12.2 Å². The lowest BCUT2D eigenvalue weighted by Crippen LogP contribution is -2.42. The van der Waals surface area contributed by atoms with Gasteiger partial charge in [0.05, 0.1) is 0 Å². The number of allylic oxidation sites excluding steroid dienone is 2. The Morgan fingerprint density at radius 2 is 2.06 bits per heavy atom. The van der Waals surface area contributed by atoms with Crippen molar-refractivity contribution in [3.63, 3.8) is 0 Å². The lowest BCUT2D eigenvalue weighted by Gasteiger charge is -2.32. The van der Waals surface area contributed by atoms with Gasteiger partial charge in [0.2, 0.25) is 5.91 Å². The van der Waals surface area contributed by atoms with Gasteiger partial charge in [-0.2, -0.15) is 0 Å².